The normalized spacial score (nSPS) is 14.1. The van der Waals surface area contributed by atoms with Crippen LogP contribution in [-0.2, 0) is 0 Å². The van der Waals surface area contributed by atoms with Gasteiger partial charge < -0.3 is 4.57 Å². The standard InChI is InChI=1S/C22H16N2/c1-15-8-7-9-16-14-20-21(23-17-10-3-2-4-11-17)18-12-5-6-13-19(18)24(20)22(15)16/h2-14H,1H3. The van der Waals surface area contributed by atoms with E-state index in [9.17, 15) is 0 Å². The van der Waals surface area contributed by atoms with E-state index < -0.39 is 0 Å². The third kappa shape index (κ3) is 1.80. The van der Waals surface area contributed by atoms with Crippen molar-refractivity contribution in [2.75, 3.05) is 0 Å². The van der Waals surface area contributed by atoms with Gasteiger partial charge in [-0.05, 0) is 36.8 Å². The van der Waals surface area contributed by atoms with Crippen molar-refractivity contribution in [2.45, 2.75) is 6.92 Å². The fourth-order valence-corrected chi connectivity index (χ4v) is 3.62. The van der Waals surface area contributed by atoms with E-state index in [2.05, 4.69) is 60.0 Å². The molecule has 2 heterocycles. The Morgan fingerprint density at radius 3 is 2.46 bits per heavy atom. The van der Waals surface area contributed by atoms with E-state index in [-0.39, 0.29) is 0 Å². The lowest BCUT2D eigenvalue weighted by atomic mass is 10.1. The number of aromatic nitrogens is 1. The maximum absolute atomic E-state index is 4.96. The molecular weight excluding hydrogens is 292 g/mol. The highest BCUT2D eigenvalue weighted by Crippen LogP contribution is 2.36. The minimum Gasteiger partial charge on any atom is -0.307 e. The molecule has 0 fully saturated rings. The van der Waals surface area contributed by atoms with Gasteiger partial charge in [-0.3, -0.25) is 0 Å². The molecule has 5 rings (SSSR count). The maximum atomic E-state index is 4.96. The predicted octanol–water partition coefficient (Wildman–Crippen LogP) is 5.42. The molecule has 0 saturated heterocycles. The molecule has 0 amide bonds. The highest BCUT2D eigenvalue weighted by Gasteiger charge is 2.27. The Labute approximate surface area is 140 Å². The van der Waals surface area contributed by atoms with Crippen molar-refractivity contribution in [1.29, 1.82) is 0 Å². The van der Waals surface area contributed by atoms with Gasteiger partial charge in [0, 0.05) is 10.9 Å². The first-order chi connectivity index (χ1) is 11.8. The highest BCUT2D eigenvalue weighted by atomic mass is 15.0. The van der Waals surface area contributed by atoms with Gasteiger partial charge in [-0.1, -0.05) is 54.6 Å². The second-order valence-corrected chi connectivity index (χ2v) is 6.19. The summed E-state index contributed by atoms with van der Waals surface area (Å²) in [7, 11) is 0. The van der Waals surface area contributed by atoms with Crippen LogP contribution in [0.1, 0.15) is 16.8 Å². The van der Waals surface area contributed by atoms with E-state index in [1.165, 1.54) is 33.4 Å². The van der Waals surface area contributed by atoms with Crippen LogP contribution < -0.4 is 0 Å². The molecule has 114 valence electrons. The van der Waals surface area contributed by atoms with Crippen LogP contribution in [0.4, 0.5) is 5.69 Å². The first-order valence-corrected chi connectivity index (χ1v) is 8.18. The van der Waals surface area contributed by atoms with Crippen LogP contribution in [-0.4, -0.2) is 10.3 Å². The van der Waals surface area contributed by atoms with Crippen molar-refractivity contribution in [3.63, 3.8) is 0 Å². The van der Waals surface area contributed by atoms with E-state index >= 15 is 0 Å². The summed E-state index contributed by atoms with van der Waals surface area (Å²) in [6, 6.07) is 27.4. The SMILES string of the molecule is Cc1cccc2cc3n(c12)-c1ccccc1C3=Nc1ccccc1. The molecular formula is C22H16N2. The van der Waals surface area contributed by atoms with Crippen molar-refractivity contribution < 1.29 is 0 Å². The average molecular weight is 308 g/mol. The molecule has 0 bridgehead atoms. The molecule has 1 aromatic heterocycles. The largest absolute Gasteiger partial charge is 0.307 e. The van der Waals surface area contributed by atoms with Gasteiger partial charge in [0.1, 0.15) is 0 Å². The zero-order valence-corrected chi connectivity index (χ0v) is 13.4. The summed E-state index contributed by atoms with van der Waals surface area (Å²) in [5.41, 5.74) is 8.18. The van der Waals surface area contributed by atoms with Crippen molar-refractivity contribution in [1.82, 2.24) is 4.57 Å². The number of hydrogen-bond donors (Lipinski definition) is 0. The van der Waals surface area contributed by atoms with Gasteiger partial charge in [-0.2, -0.15) is 0 Å². The predicted molar refractivity (Wildman–Crippen MR) is 99.8 cm³/mol. The third-order valence-electron chi connectivity index (χ3n) is 4.67. The summed E-state index contributed by atoms with van der Waals surface area (Å²) in [6.45, 7) is 2.17. The van der Waals surface area contributed by atoms with Crippen LogP contribution in [0.5, 0.6) is 0 Å². The number of rotatable bonds is 1. The Morgan fingerprint density at radius 1 is 0.792 bits per heavy atom. The van der Waals surface area contributed by atoms with Crippen LogP contribution in [0, 0.1) is 6.92 Å². The maximum Gasteiger partial charge on any atom is 0.0970 e. The van der Waals surface area contributed by atoms with Gasteiger partial charge in [0.2, 0.25) is 0 Å². The molecule has 1 aliphatic heterocycles. The Bertz CT molecular complexity index is 1100. The van der Waals surface area contributed by atoms with Crippen LogP contribution in [0.3, 0.4) is 0 Å². The van der Waals surface area contributed by atoms with Gasteiger partial charge >= 0.3 is 0 Å². The molecule has 3 aromatic carbocycles. The number of benzene rings is 3. The monoisotopic (exact) mass is 308 g/mol. The van der Waals surface area contributed by atoms with Gasteiger partial charge in [0.05, 0.1) is 28.3 Å². The lowest BCUT2D eigenvalue weighted by Gasteiger charge is -2.06. The molecule has 0 spiro atoms. The minimum atomic E-state index is 0.984. The zero-order chi connectivity index (χ0) is 16.1. The summed E-state index contributed by atoms with van der Waals surface area (Å²) >= 11 is 0. The van der Waals surface area contributed by atoms with Gasteiger partial charge in [0.15, 0.2) is 0 Å². The van der Waals surface area contributed by atoms with E-state index in [1.54, 1.807) is 0 Å². The summed E-state index contributed by atoms with van der Waals surface area (Å²) in [6.07, 6.45) is 0. The van der Waals surface area contributed by atoms with Crippen LogP contribution in [0.25, 0.3) is 16.6 Å². The topological polar surface area (TPSA) is 17.3 Å². The zero-order valence-electron chi connectivity index (χ0n) is 13.4. The number of aliphatic imine (C=N–C) groups is 1. The second kappa shape index (κ2) is 4.93. The average Bonchev–Trinajstić information content (AvgIpc) is 3.13. The number of fused-ring (bicyclic) bond motifs is 5. The Balaban J connectivity index is 1.88. The molecule has 24 heavy (non-hydrogen) atoms. The molecule has 0 radical (unpaired) electrons. The van der Waals surface area contributed by atoms with Crippen molar-refractivity contribution in [3.05, 3.63) is 95.7 Å². The van der Waals surface area contributed by atoms with E-state index in [0.717, 1.165) is 11.4 Å². The first kappa shape index (κ1) is 13.3. The van der Waals surface area contributed by atoms with Crippen LogP contribution in [0.15, 0.2) is 83.9 Å². The van der Waals surface area contributed by atoms with Crippen molar-refractivity contribution in [3.8, 4) is 5.69 Å². The summed E-state index contributed by atoms with van der Waals surface area (Å²) < 4.78 is 2.35. The number of para-hydroxylation sites is 3. The number of nitrogens with zero attached hydrogens (tertiary/aromatic N) is 2. The summed E-state index contributed by atoms with van der Waals surface area (Å²) in [5.74, 6) is 0. The van der Waals surface area contributed by atoms with Gasteiger partial charge in [-0.15, -0.1) is 0 Å². The molecule has 0 saturated carbocycles. The van der Waals surface area contributed by atoms with Crippen LogP contribution >= 0.6 is 0 Å². The first-order valence-electron chi connectivity index (χ1n) is 8.18. The molecule has 0 aliphatic carbocycles. The highest BCUT2D eigenvalue weighted by molar-refractivity contribution is 6.21. The smallest absolute Gasteiger partial charge is 0.0970 e. The van der Waals surface area contributed by atoms with Gasteiger partial charge in [-0.25, -0.2) is 4.99 Å². The second-order valence-electron chi connectivity index (χ2n) is 6.19. The Hall–Kier alpha value is -3.13. The molecule has 1 aliphatic rings. The lowest BCUT2D eigenvalue weighted by Crippen LogP contribution is -1.97. The van der Waals surface area contributed by atoms with Crippen molar-refractivity contribution >= 4 is 22.3 Å². The van der Waals surface area contributed by atoms with Crippen molar-refractivity contribution in [2.24, 2.45) is 4.99 Å². The van der Waals surface area contributed by atoms with E-state index in [4.69, 9.17) is 4.99 Å². The lowest BCUT2D eigenvalue weighted by molar-refractivity contribution is 1.13. The Morgan fingerprint density at radius 2 is 1.58 bits per heavy atom. The molecule has 2 heteroatoms. The van der Waals surface area contributed by atoms with Gasteiger partial charge in [0.25, 0.3) is 0 Å². The minimum absolute atomic E-state index is 0.984. The number of aryl methyl sites for hydroxylation is 1. The quantitative estimate of drug-likeness (QED) is 0.393. The number of hydrogen-bond acceptors (Lipinski definition) is 1. The summed E-state index contributed by atoms with van der Waals surface area (Å²) in [5, 5.41) is 1.26. The third-order valence-corrected chi connectivity index (χ3v) is 4.67. The van der Waals surface area contributed by atoms with E-state index in [1.807, 2.05) is 30.3 Å². The fourth-order valence-electron chi connectivity index (χ4n) is 3.62. The molecule has 0 unspecified atom stereocenters. The molecule has 0 N–H and O–H groups in total. The van der Waals surface area contributed by atoms with E-state index in [0.29, 0.717) is 0 Å². The molecule has 0 atom stereocenters. The fraction of sp³-hybridized carbons (Fsp3) is 0.0455. The molecule has 4 aromatic rings. The molecule has 2 nitrogen and oxygen atoms in total. The van der Waals surface area contributed by atoms with Crippen LogP contribution in [0.2, 0.25) is 0 Å². The Kier molecular flexibility index (Phi) is 2.74. The summed E-state index contributed by atoms with van der Waals surface area (Å²) in [4.78, 5) is 4.96.